The molecule has 44 valence electrons. The average molecular weight is 193 g/mol. The molecule has 0 bridgehead atoms. The first-order valence-corrected chi connectivity index (χ1v) is 3.36. The molecule has 0 heterocycles. The summed E-state index contributed by atoms with van der Waals surface area (Å²) >= 11 is 0. The normalized spacial score (nSPS) is 19.9. The van der Waals surface area contributed by atoms with Crippen LogP contribution < -0.4 is 58.2 Å². The molecule has 0 spiro atoms. The van der Waals surface area contributed by atoms with Crippen LogP contribution in [0.3, 0.4) is 0 Å². The maximum absolute atomic E-state index is 6.85. The monoisotopic (exact) mass is 192 g/mol. The van der Waals surface area contributed by atoms with E-state index in [2.05, 4.69) is 5.92 Å². The first-order chi connectivity index (χ1) is 3.93. The van der Waals surface area contributed by atoms with Crippen molar-refractivity contribution < 1.29 is 58.2 Å². The van der Waals surface area contributed by atoms with Gasteiger partial charge in [-0.25, -0.2) is 0 Å². The van der Waals surface area contributed by atoms with Gasteiger partial charge >= 0.3 is 58.2 Å². The zero-order valence-corrected chi connectivity index (χ0v) is 11.0. The van der Waals surface area contributed by atoms with Gasteiger partial charge < -0.3 is 12.3 Å². The molecule has 0 radical (unpaired) electrons. The fraction of sp³-hybridized carbons (Fsp3) is 0.750. The molecule has 9 heavy (non-hydrogen) atoms. The van der Waals surface area contributed by atoms with Crippen LogP contribution in [0.25, 0.3) is 0 Å². The predicted molar refractivity (Wildman–Crippen MR) is 33.7 cm³/mol. The van der Waals surface area contributed by atoms with E-state index >= 15 is 0 Å². The van der Waals surface area contributed by atoms with Gasteiger partial charge in [-0.3, -0.25) is 0 Å². The van der Waals surface area contributed by atoms with Crippen LogP contribution in [-0.2, 0) is 0 Å². The molecule has 1 saturated carbocycles. The molecule has 0 aliphatic heterocycles. The summed E-state index contributed by atoms with van der Waals surface area (Å²) in [7, 11) is 0. The summed E-state index contributed by atoms with van der Waals surface area (Å²) in [6.45, 7) is 0. The van der Waals surface area contributed by atoms with Gasteiger partial charge in [0.25, 0.3) is 0 Å². The topological polar surface area (TPSA) is 0 Å². The second-order valence-electron chi connectivity index (χ2n) is 2.48. The van der Waals surface area contributed by atoms with Crippen LogP contribution in [0.4, 0.5) is 0 Å². The molecule has 0 atom stereocenters. The summed E-state index contributed by atoms with van der Waals surface area (Å²) in [6, 6.07) is 0. The SMILES string of the molecule is [C-]#CC1CCCCC1.[Rb+]. The molecule has 1 aliphatic carbocycles. The van der Waals surface area contributed by atoms with Crippen LogP contribution in [0.1, 0.15) is 32.1 Å². The number of hydrogen-bond acceptors (Lipinski definition) is 0. The van der Waals surface area contributed by atoms with Gasteiger partial charge in [-0.15, -0.1) is 0 Å². The van der Waals surface area contributed by atoms with E-state index in [1.54, 1.807) is 0 Å². The Balaban J connectivity index is 0.000000640. The van der Waals surface area contributed by atoms with Gasteiger partial charge in [-0.05, 0) is 18.8 Å². The molecular weight excluding hydrogens is 182 g/mol. The number of hydrogen-bond donors (Lipinski definition) is 0. The third-order valence-electron chi connectivity index (χ3n) is 1.81. The van der Waals surface area contributed by atoms with Crippen molar-refractivity contribution in [2.75, 3.05) is 0 Å². The van der Waals surface area contributed by atoms with Gasteiger partial charge in [0, 0.05) is 0 Å². The van der Waals surface area contributed by atoms with Gasteiger partial charge in [-0.2, -0.15) is 0 Å². The van der Waals surface area contributed by atoms with E-state index in [1.165, 1.54) is 32.1 Å². The van der Waals surface area contributed by atoms with Crippen molar-refractivity contribution in [1.29, 1.82) is 0 Å². The summed E-state index contributed by atoms with van der Waals surface area (Å²) in [5.74, 6) is 3.06. The third kappa shape index (κ3) is 3.93. The van der Waals surface area contributed by atoms with Crippen LogP contribution >= 0.6 is 0 Å². The molecule has 0 unspecified atom stereocenters. The van der Waals surface area contributed by atoms with Crippen LogP contribution in [0.5, 0.6) is 0 Å². The minimum Gasteiger partial charge on any atom is -0.693 e. The Labute approximate surface area is 107 Å². The first-order valence-electron chi connectivity index (χ1n) is 3.36. The molecule has 0 amide bonds. The van der Waals surface area contributed by atoms with Crippen LogP contribution in [-0.4, -0.2) is 0 Å². The van der Waals surface area contributed by atoms with E-state index in [0.29, 0.717) is 5.92 Å². The Morgan fingerprint density at radius 3 is 2.00 bits per heavy atom. The molecule has 0 saturated heterocycles. The molecule has 0 nitrogen and oxygen atoms in total. The maximum Gasteiger partial charge on any atom is 1.00 e. The Hall–Kier alpha value is 1.37. The van der Waals surface area contributed by atoms with E-state index in [0.717, 1.165) is 0 Å². The fourth-order valence-corrected chi connectivity index (χ4v) is 1.25. The van der Waals surface area contributed by atoms with Crippen LogP contribution in [0.15, 0.2) is 0 Å². The van der Waals surface area contributed by atoms with Gasteiger partial charge in [0.15, 0.2) is 0 Å². The van der Waals surface area contributed by atoms with Crippen LogP contribution in [0.2, 0.25) is 0 Å². The zero-order chi connectivity index (χ0) is 5.82. The number of rotatable bonds is 0. The zero-order valence-electron chi connectivity index (χ0n) is 6.11. The second kappa shape index (κ2) is 6.10. The predicted octanol–water partition coefficient (Wildman–Crippen LogP) is -0.840. The average Bonchev–Trinajstić information content (AvgIpc) is 1.90. The Bertz CT molecular complexity index is 95.6. The molecule has 1 aliphatic rings. The van der Waals surface area contributed by atoms with Crippen molar-refractivity contribution in [3.63, 3.8) is 0 Å². The fourth-order valence-electron chi connectivity index (χ4n) is 1.25. The summed E-state index contributed by atoms with van der Waals surface area (Å²) in [5.41, 5.74) is 0. The van der Waals surface area contributed by atoms with E-state index in [9.17, 15) is 0 Å². The molecule has 0 aromatic heterocycles. The molecule has 0 N–H and O–H groups in total. The van der Waals surface area contributed by atoms with E-state index < -0.39 is 0 Å². The maximum atomic E-state index is 6.85. The van der Waals surface area contributed by atoms with Crippen molar-refractivity contribution >= 4 is 0 Å². The summed E-state index contributed by atoms with van der Waals surface area (Å²) in [6.07, 6.45) is 13.3. The van der Waals surface area contributed by atoms with Gasteiger partial charge in [-0.1, -0.05) is 19.3 Å². The standard InChI is InChI=1S/C8H11.Rb/c1-2-8-6-4-3-5-7-8;/h8H,3-7H2;/q-1;+1. The molecular formula is C8H11Rb. The summed E-state index contributed by atoms with van der Waals surface area (Å²) in [5, 5.41) is 0. The quantitative estimate of drug-likeness (QED) is 0.347. The smallest absolute Gasteiger partial charge is 0.693 e. The van der Waals surface area contributed by atoms with Gasteiger partial charge in [0.05, 0.1) is 0 Å². The van der Waals surface area contributed by atoms with Crippen molar-refractivity contribution in [1.82, 2.24) is 0 Å². The Kier molecular flexibility index (Phi) is 7.03. The van der Waals surface area contributed by atoms with Crippen LogP contribution in [0, 0.1) is 18.3 Å². The van der Waals surface area contributed by atoms with Crippen molar-refractivity contribution in [3.05, 3.63) is 6.42 Å². The van der Waals surface area contributed by atoms with Gasteiger partial charge in [0.1, 0.15) is 0 Å². The minimum atomic E-state index is 0. The van der Waals surface area contributed by atoms with Crippen molar-refractivity contribution in [3.8, 4) is 5.92 Å². The molecule has 1 fully saturated rings. The Morgan fingerprint density at radius 1 is 1.11 bits per heavy atom. The molecule has 0 aromatic rings. The van der Waals surface area contributed by atoms with E-state index in [4.69, 9.17) is 6.42 Å². The van der Waals surface area contributed by atoms with Crippen molar-refractivity contribution in [2.45, 2.75) is 32.1 Å². The molecule has 1 heteroatoms. The van der Waals surface area contributed by atoms with E-state index in [1.807, 2.05) is 0 Å². The first kappa shape index (κ1) is 10.4. The minimum absolute atomic E-state index is 0. The Morgan fingerprint density at radius 2 is 1.67 bits per heavy atom. The molecule has 0 aromatic carbocycles. The second-order valence-corrected chi connectivity index (χ2v) is 2.48. The summed E-state index contributed by atoms with van der Waals surface area (Å²) in [4.78, 5) is 0. The van der Waals surface area contributed by atoms with Gasteiger partial charge in [0.2, 0.25) is 0 Å². The van der Waals surface area contributed by atoms with E-state index in [-0.39, 0.29) is 58.2 Å². The third-order valence-corrected chi connectivity index (χ3v) is 1.81. The van der Waals surface area contributed by atoms with Crippen molar-refractivity contribution in [2.24, 2.45) is 5.92 Å². The largest absolute Gasteiger partial charge is 1.00 e. The molecule has 1 rings (SSSR count). The summed E-state index contributed by atoms with van der Waals surface area (Å²) < 4.78 is 0.